The Morgan fingerprint density at radius 3 is 2.76 bits per heavy atom. The van der Waals surface area contributed by atoms with Crippen LogP contribution < -0.4 is 10.8 Å². The number of imidazole rings is 1. The van der Waals surface area contributed by atoms with Crippen molar-refractivity contribution in [3.8, 4) is 5.75 Å². The molecule has 34 heavy (non-hydrogen) atoms. The molecule has 15 heteroatoms. The van der Waals surface area contributed by atoms with E-state index in [1.165, 1.54) is 36.9 Å². The van der Waals surface area contributed by atoms with Crippen LogP contribution in [0.1, 0.15) is 18.2 Å². The van der Waals surface area contributed by atoms with E-state index < -0.39 is 44.8 Å². The standard InChI is InChI=1S/C19H23N6O8P/c20-17-16-18(22-8-21-17)25(9-23-16)15-6-13(27)14(33-15)7-32-34(30,31)24-12(19(28)29)5-10-1-3-11(26)4-2-10/h1-4,8-9,12-15,26-27H,5-7H2,(H,28,29)(H2,20,21,22)(H2,24,30,31)/t12?,13-,14+,15+/m0/s1. The van der Waals surface area contributed by atoms with Crippen LogP contribution in [0.3, 0.4) is 0 Å². The number of carboxylic acid groups (broad SMARTS) is 1. The maximum atomic E-state index is 12.5. The average molecular weight is 494 g/mol. The van der Waals surface area contributed by atoms with E-state index >= 15 is 0 Å². The molecule has 0 amide bonds. The number of hydrogen-bond acceptors (Lipinski definition) is 10. The summed E-state index contributed by atoms with van der Waals surface area (Å²) < 4.78 is 24.9. The largest absolute Gasteiger partial charge is 0.508 e. The zero-order valence-corrected chi connectivity index (χ0v) is 18.5. The van der Waals surface area contributed by atoms with Crippen molar-refractivity contribution in [2.24, 2.45) is 0 Å². The molecule has 2 aromatic heterocycles. The number of aliphatic carboxylic acids is 1. The predicted octanol–water partition coefficient (Wildman–Crippen LogP) is 0.165. The summed E-state index contributed by atoms with van der Waals surface area (Å²) in [7, 11) is -4.58. The highest BCUT2D eigenvalue weighted by molar-refractivity contribution is 7.50. The minimum atomic E-state index is -4.58. The Kier molecular flexibility index (Phi) is 6.79. The number of fused-ring (bicyclic) bond motifs is 1. The maximum Gasteiger partial charge on any atom is 0.403 e. The number of phenolic OH excluding ortho intramolecular Hbond substituents is 1. The molecule has 0 saturated carbocycles. The molecule has 1 aliphatic rings. The van der Waals surface area contributed by atoms with Crippen LogP contribution in [0.25, 0.3) is 11.2 Å². The van der Waals surface area contributed by atoms with Crippen molar-refractivity contribution in [3.05, 3.63) is 42.5 Å². The summed E-state index contributed by atoms with van der Waals surface area (Å²) >= 11 is 0. The topological polar surface area (TPSA) is 215 Å². The van der Waals surface area contributed by atoms with Gasteiger partial charge in [0.25, 0.3) is 0 Å². The molecule has 0 bridgehead atoms. The molecule has 3 aromatic rings. The van der Waals surface area contributed by atoms with E-state index in [-0.39, 0.29) is 24.4 Å². The predicted molar refractivity (Wildman–Crippen MR) is 116 cm³/mol. The highest BCUT2D eigenvalue weighted by Crippen LogP contribution is 2.40. The Bertz CT molecular complexity index is 1220. The number of carboxylic acids is 1. The van der Waals surface area contributed by atoms with Crippen LogP contribution in [0.15, 0.2) is 36.9 Å². The molecule has 1 fully saturated rings. The number of benzene rings is 1. The molecule has 1 aromatic carbocycles. The molecule has 7 N–H and O–H groups in total. The number of rotatable bonds is 9. The second-order valence-electron chi connectivity index (χ2n) is 7.72. The Balaban J connectivity index is 1.37. The molecule has 0 aliphatic carbocycles. The Morgan fingerprint density at radius 2 is 2.06 bits per heavy atom. The van der Waals surface area contributed by atoms with E-state index in [1.54, 1.807) is 4.57 Å². The SMILES string of the molecule is Nc1ncnc2c1ncn2[C@H]1C[C@H](O)[C@@H](COP(=O)(O)NC(Cc2ccc(O)cc2)C(=O)O)O1. The van der Waals surface area contributed by atoms with Crippen LogP contribution in [-0.4, -0.2) is 70.6 Å². The zero-order chi connectivity index (χ0) is 24.5. The van der Waals surface area contributed by atoms with Gasteiger partial charge in [-0.1, -0.05) is 12.1 Å². The summed E-state index contributed by atoms with van der Waals surface area (Å²) in [6.45, 7) is -0.478. The number of aromatic nitrogens is 4. The monoisotopic (exact) mass is 494 g/mol. The molecule has 14 nitrogen and oxygen atoms in total. The van der Waals surface area contributed by atoms with Gasteiger partial charge in [-0.05, 0) is 24.1 Å². The Hall–Kier alpha value is -3.13. The first-order chi connectivity index (χ1) is 16.1. The molecule has 5 atom stereocenters. The number of aromatic hydroxyl groups is 1. The molecular formula is C19H23N6O8P. The molecule has 182 valence electrons. The highest BCUT2D eigenvalue weighted by atomic mass is 31.2. The van der Waals surface area contributed by atoms with E-state index in [4.69, 9.17) is 15.0 Å². The lowest BCUT2D eigenvalue weighted by Gasteiger charge is -2.21. The van der Waals surface area contributed by atoms with Gasteiger partial charge in [0.05, 0.1) is 19.0 Å². The van der Waals surface area contributed by atoms with Crippen LogP contribution in [-0.2, 0) is 25.0 Å². The second kappa shape index (κ2) is 9.62. The third-order valence-corrected chi connectivity index (χ3v) is 6.45. The van der Waals surface area contributed by atoms with Gasteiger partial charge in [-0.2, -0.15) is 0 Å². The number of aliphatic hydroxyl groups excluding tert-OH is 1. The van der Waals surface area contributed by atoms with Gasteiger partial charge in [-0.15, -0.1) is 0 Å². The van der Waals surface area contributed by atoms with Crippen molar-refractivity contribution in [2.45, 2.75) is 37.3 Å². The Labute approximate surface area is 192 Å². The zero-order valence-electron chi connectivity index (χ0n) is 17.6. The number of aliphatic hydroxyl groups is 1. The highest BCUT2D eigenvalue weighted by Gasteiger charge is 2.38. The number of nitrogen functional groups attached to an aromatic ring is 1. The smallest absolute Gasteiger partial charge is 0.403 e. The lowest BCUT2D eigenvalue weighted by molar-refractivity contribution is -0.139. The lowest BCUT2D eigenvalue weighted by atomic mass is 10.1. The molecule has 3 heterocycles. The van der Waals surface area contributed by atoms with Gasteiger partial charge in [0.1, 0.15) is 36.0 Å². The number of carbonyl (C=O) groups is 1. The number of ether oxygens (including phenoxy) is 1. The minimum Gasteiger partial charge on any atom is -0.508 e. The lowest BCUT2D eigenvalue weighted by Crippen LogP contribution is -2.37. The van der Waals surface area contributed by atoms with Crippen molar-refractivity contribution >= 4 is 30.7 Å². The quantitative estimate of drug-likeness (QED) is 0.219. The van der Waals surface area contributed by atoms with Crippen LogP contribution in [0.4, 0.5) is 5.82 Å². The third-order valence-electron chi connectivity index (χ3n) is 5.31. The van der Waals surface area contributed by atoms with Crippen LogP contribution in [0.2, 0.25) is 0 Å². The molecule has 2 unspecified atom stereocenters. The van der Waals surface area contributed by atoms with Crippen molar-refractivity contribution in [1.82, 2.24) is 24.6 Å². The van der Waals surface area contributed by atoms with Crippen molar-refractivity contribution < 1.29 is 38.8 Å². The third kappa shape index (κ3) is 5.33. The summed E-state index contributed by atoms with van der Waals surface area (Å²) in [6, 6.07) is 4.31. The molecule has 1 saturated heterocycles. The number of anilines is 1. The van der Waals surface area contributed by atoms with Gasteiger partial charge in [-0.25, -0.2) is 24.6 Å². The summed E-state index contributed by atoms with van der Waals surface area (Å²) in [5.41, 5.74) is 7.07. The van der Waals surface area contributed by atoms with Crippen LogP contribution in [0.5, 0.6) is 5.75 Å². The first kappa shape index (κ1) is 24.0. The van der Waals surface area contributed by atoms with Gasteiger partial charge in [0.2, 0.25) is 0 Å². The second-order valence-corrected chi connectivity index (χ2v) is 9.28. The fraction of sp³-hybridized carbons (Fsp3) is 0.368. The first-order valence-corrected chi connectivity index (χ1v) is 11.7. The number of phenols is 1. The normalized spacial score (nSPS) is 23.1. The average Bonchev–Trinajstić information content (AvgIpc) is 3.37. The fourth-order valence-electron chi connectivity index (χ4n) is 3.58. The van der Waals surface area contributed by atoms with Gasteiger partial charge >= 0.3 is 13.7 Å². The van der Waals surface area contributed by atoms with E-state index in [0.717, 1.165) is 0 Å². The van der Waals surface area contributed by atoms with Crippen molar-refractivity contribution in [1.29, 1.82) is 0 Å². The van der Waals surface area contributed by atoms with Crippen molar-refractivity contribution in [2.75, 3.05) is 12.3 Å². The number of nitrogens with one attached hydrogen (secondary N) is 1. The van der Waals surface area contributed by atoms with Crippen LogP contribution >= 0.6 is 7.75 Å². The van der Waals surface area contributed by atoms with E-state index in [9.17, 15) is 29.6 Å². The van der Waals surface area contributed by atoms with Gasteiger partial charge in [0.15, 0.2) is 11.5 Å². The van der Waals surface area contributed by atoms with Gasteiger partial charge in [-0.3, -0.25) is 13.9 Å². The molecule has 0 radical (unpaired) electrons. The number of nitrogens with two attached hydrogens (primary N) is 1. The fourth-order valence-corrected chi connectivity index (χ4v) is 4.60. The molecule has 4 rings (SSSR count). The van der Waals surface area contributed by atoms with Crippen LogP contribution in [0, 0.1) is 0 Å². The van der Waals surface area contributed by atoms with E-state index in [2.05, 4.69) is 20.0 Å². The van der Waals surface area contributed by atoms with Gasteiger partial charge < -0.3 is 30.7 Å². The summed E-state index contributed by atoms with van der Waals surface area (Å²) in [5, 5.41) is 31.2. The van der Waals surface area contributed by atoms with E-state index in [1.807, 2.05) is 0 Å². The minimum absolute atomic E-state index is 0.00720. The Morgan fingerprint density at radius 1 is 1.32 bits per heavy atom. The van der Waals surface area contributed by atoms with E-state index in [0.29, 0.717) is 16.7 Å². The molecule has 1 aliphatic heterocycles. The molecule has 0 spiro atoms. The number of nitrogens with zero attached hydrogens (tertiary/aromatic N) is 4. The number of hydrogen-bond donors (Lipinski definition) is 6. The summed E-state index contributed by atoms with van der Waals surface area (Å²) in [6.07, 6.45) is 0.0218. The maximum absolute atomic E-state index is 12.5. The van der Waals surface area contributed by atoms with Gasteiger partial charge in [0, 0.05) is 6.42 Å². The molecular weight excluding hydrogens is 471 g/mol. The van der Waals surface area contributed by atoms with Crippen molar-refractivity contribution in [3.63, 3.8) is 0 Å². The first-order valence-electron chi connectivity index (χ1n) is 10.2. The summed E-state index contributed by atoms with van der Waals surface area (Å²) in [4.78, 5) is 33.9. The summed E-state index contributed by atoms with van der Waals surface area (Å²) in [5.74, 6) is -1.17.